The first-order chi connectivity index (χ1) is 11.8. The maximum Gasteiger partial charge on any atom is 0.401 e. The van der Waals surface area contributed by atoms with E-state index in [9.17, 15) is 22.8 Å². The number of amides is 2. The lowest BCUT2D eigenvalue weighted by atomic mass is 10.1. The number of hydrogen-bond acceptors (Lipinski definition) is 4. The van der Waals surface area contributed by atoms with Crippen molar-refractivity contribution in [3.8, 4) is 0 Å². The van der Waals surface area contributed by atoms with Gasteiger partial charge < -0.3 is 15.4 Å². The number of carbonyl (C=O) groups excluding carboxylic acids is 2. The van der Waals surface area contributed by atoms with Gasteiger partial charge in [-0.2, -0.15) is 13.2 Å². The molecular weight excluding hydrogens is 339 g/mol. The third-order valence-corrected chi connectivity index (χ3v) is 3.81. The largest absolute Gasteiger partial charge is 0.401 e. The lowest BCUT2D eigenvalue weighted by molar-refractivity contribution is -0.166. The summed E-state index contributed by atoms with van der Waals surface area (Å²) in [5, 5.41) is 5.11. The van der Waals surface area contributed by atoms with Crippen molar-refractivity contribution >= 4 is 11.8 Å². The maximum atomic E-state index is 12.6. The fourth-order valence-electron chi connectivity index (χ4n) is 2.57. The summed E-state index contributed by atoms with van der Waals surface area (Å²) in [5.41, 5.74) is 1.11. The lowest BCUT2D eigenvalue weighted by Gasteiger charge is -2.34. The summed E-state index contributed by atoms with van der Waals surface area (Å²) in [6.45, 7) is -0.918. The van der Waals surface area contributed by atoms with Gasteiger partial charge in [-0.1, -0.05) is 12.1 Å². The van der Waals surface area contributed by atoms with E-state index in [-0.39, 0.29) is 32.2 Å². The van der Waals surface area contributed by atoms with Crippen molar-refractivity contribution < 1.29 is 27.5 Å². The van der Waals surface area contributed by atoms with Gasteiger partial charge in [0.2, 0.25) is 5.91 Å². The molecule has 0 saturated carbocycles. The quantitative estimate of drug-likeness (QED) is 0.821. The number of alkyl halides is 3. The van der Waals surface area contributed by atoms with E-state index in [0.29, 0.717) is 11.1 Å². The van der Waals surface area contributed by atoms with Gasteiger partial charge in [-0.05, 0) is 17.7 Å². The van der Waals surface area contributed by atoms with E-state index >= 15 is 0 Å². The predicted octanol–water partition coefficient (Wildman–Crippen LogP) is 0.925. The van der Waals surface area contributed by atoms with Crippen LogP contribution in [-0.2, 0) is 16.1 Å². The number of rotatable bonds is 5. The maximum absolute atomic E-state index is 12.6. The average molecular weight is 359 g/mol. The van der Waals surface area contributed by atoms with E-state index < -0.39 is 24.7 Å². The van der Waals surface area contributed by atoms with Crippen LogP contribution in [0.1, 0.15) is 15.9 Å². The molecule has 0 aromatic heterocycles. The number of benzene rings is 1. The van der Waals surface area contributed by atoms with Gasteiger partial charge >= 0.3 is 6.18 Å². The minimum atomic E-state index is -4.38. The first kappa shape index (κ1) is 19.2. The minimum Gasteiger partial charge on any atom is -0.378 e. The Morgan fingerprint density at radius 1 is 1.36 bits per heavy atom. The minimum absolute atomic E-state index is 0.0454. The molecule has 2 rings (SSSR count). The third kappa shape index (κ3) is 5.71. The molecule has 0 bridgehead atoms. The van der Waals surface area contributed by atoms with Crippen LogP contribution in [0.4, 0.5) is 13.2 Å². The summed E-state index contributed by atoms with van der Waals surface area (Å²) in [6.07, 6.45) is -4.38. The summed E-state index contributed by atoms with van der Waals surface area (Å²) in [5.74, 6) is -0.792. The molecule has 6 nitrogen and oxygen atoms in total. The summed E-state index contributed by atoms with van der Waals surface area (Å²) < 4.78 is 43.0. The summed E-state index contributed by atoms with van der Waals surface area (Å²) in [4.78, 5) is 24.9. The number of carbonyl (C=O) groups is 2. The number of halogens is 3. The van der Waals surface area contributed by atoms with Crippen LogP contribution < -0.4 is 10.6 Å². The Hall–Kier alpha value is -2.13. The Balaban J connectivity index is 1.97. The highest BCUT2D eigenvalue weighted by molar-refractivity contribution is 5.94. The molecule has 1 saturated heterocycles. The second-order valence-electron chi connectivity index (χ2n) is 5.67. The van der Waals surface area contributed by atoms with Crippen LogP contribution in [-0.4, -0.2) is 62.3 Å². The topological polar surface area (TPSA) is 70.7 Å². The molecule has 1 atom stereocenters. The number of ether oxygens (including phenoxy) is 1. The molecular formula is C16H20F3N3O3. The van der Waals surface area contributed by atoms with E-state index in [0.717, 1.165) is 4.90 Å². The van der Waals surface area contributed by atoms with E-state index in [1.165, 1.54) is 7.05 Å². The number of morpholine rings is 1. The zero-order chi connectivity index (χ0) is 18.4. The van der Waals surface area contributed by atoms with Gasteiger partial charge in [0.1, 0.15) is 6.04 Å². The Morgan fingerprint density at radius 3 is 2.80 bits per heavy atom. The number of nitrogens with one attached hydrogen (secondary N) is 2. The molecule has 138 valence electrons. The molecule has 2 amide bonds. The average Bonchev–Trinajstić information content (AvgIpc) is 2.58. The second kappa shape index (κ2) is 8.30. The number of nitrogens with zero attached hydrogens (tertiary/aromatic N) is 1. The van der Waals surface area contributed by atoms with Crippen molar-refractivity contribution in [2.75, 3.05) is 33.4 Å². The van der Waals surface area contributed by atoms with Gasteiger partial charge in [0.15, 0.2) is 0 Å². The molecule has 1 aliphatic rings. The molecule has 1 heterocycles. The smallest absolute Gasteiger partial charge is 0.378 e. The summed E-state index contributed by atoms with van der Waals surface area (Å²) in [7, 11) is 1.51. The highest BCUT2D eigenvalue weighted by Gasteiger charge is 2.38. The normalized spacial score (nSPS) is 18.6. The first-order valence-electron chi connectivity index (χ1n) is 7.77. The van der Waals surface area contributed by atoms with E-state index in [4.69, 9.17) is 4.74 Å². The Kier molecular flexibility index (Phi) is 6.38. The zero-order valence-corrected chi connectivity index (χ0v) is 13.7. The van der Waals surface area contributed by atoms with Gasteiger partial charge in [-0.3, -0.25) is 14.5 Å². The van der Waals surface area contributed by atoms with Crippen LogP contribution in [0.15, 0.2) is 24.3 Å². The van der Waals surface area contributed by atoms with Gasteiger partial charge in [0.25, 0.3) is 5.91 Å². The lowest BCUT2D eigenvalue weighted by Crippen LogP contribution is -2.55. The molecule has 2 N–H and O–H groups in total. The Bertz CT molecular complexity index is 622. The van der Waals surface area contributed by atoms with E-state index in [2.05, 4.69) is 10.6 Å². The molecule has 0 spiro atoms. The van der Waals surface area contributed by atoms with E-state index in [1.807, 2.05) is 0 Å². The summed E-state index contributed by atoms with van der Waals surface area (Å²) >= 11 is 0. The molecule has 1 fully saturated rings. The van der Waals surface area contributed by atoms with Crippen LogP contribution in [0, 0.1) is 0 Å². The van der Waals surface area contributed by atoms with Gasteiger partial charge in [-0.15, -0.1) is 0 Å². The second-order valence-corrected chi connectivity index (χ2v) is 5.67. The molecule has 1 aromatic carbocycles. The highest BCUT2D eigenvalue weighted by Crippen LogP contribution is 2.19. The van der Waals surface area contributed by atoms with Gasteiger partial charge in [0, 0.05) is 25.7 Å². The van der Waals surface area contributed by atoms with Gasteiger partial charge in [-0.25, -0.2) is 0 Å². The fourth-order valence-corrected chi connectivity index (χ4v) is 2.57. The molecule has 9 heteroatoms. The number of hydrogen-bond donors (Lipinski definition) is 2. The van der Waals surface area contributed by atoms with Crippen molar-refractivity contribution in [1.82, 2.24) is 15.5 Å². The zero-order valence-electron chi connectivity index (χ0n) is 13.7. The molecule has 25 heavy (non-hydrogen) atoms. The van der Waals surface area contributed by atoms with Crippen molar-refractivity contribution in [2.45, 2.75) is 18.8 Å². The van der Waals surface area contributed by atoms with Crippen LogP contribution in [0.2, 0.25) is 0 Å². The van der Waals surface area contributed by atoms with Crippen LogP contribution in [0.5, 0.6) is 0 Å². The van der Waals surface area contributed by atoms with Crippen molar-refractivity contribution in [3.63, 3.8) is 0 Å². The molecule has 1 unspecified atom stereocenters. The monoisotopic (exact) mass is 359 g/mol. The SMILES string of the molecule is CNC(=O)c1cccc(CNC(=O)C2COCCN2CC(F)(F)F)c1. The van der Waals surface area contributed by atoms with Crippen molar-refractivity contribution in [2.24, 2.45) is 0 Å². The third-order valence-electron chi connectivity index (χ3n) is 3.81. The Morgan fingerprint density at radius 2 is 2.12 bits per heavy atom. The van der Waals surface area contributed by atoms with Crippen molar-refractivity contribution in [1.29, 1.82) is 0 Å². The molecule has 0 radical (unpaired) electrons. The highest BCUT2D eigenvalue weighted by atomic mass is 19.4. The molecule has 0 aliphatic carbocycles. The van der Waals surface area contributed by atoms with Crippen LogP contribution >= 0.6 is 0 Å². The van der Waals surface area contributed by atoms with Crippen LogP contribution in [0.25, 0.3) is 0 Å². The van der Waals surface area contributed by atoms with Gasteiger partial charge in [0.05, 0.1) is 19.8 Å². The first-order valence-corrected chi connectivity index (χ1v) is 7.77. The fraction of sp³-hybridized carbons (Fsp3) is 0.500. The van der Waals surface area contributed by atoms with E-state index in [1.54, 1.807) is 24.3 Å². The standard InChI is InChI=1S/C16H20F3N3O3/c1-20-14(23)12-4-2-3-11(7-12)8-21-15(24)13-9-25-6-5-22(13)10-16(17,18)19/h2-4,7,13H,5-6,8-10H2,1H3,(H,20,23)(H,21,24). The molecule has 1 aromatic rings. The molecule has 1 aliphatic heterocycles. The predicted molar refractivity (Wildman–Crippen MR) is 83.9 cm³/mol. The summed E-state index contributed by atoms with van der Waals surface area (Å²) in [6, 6.07) is 5.65. The Labute approximate surface area is 143 Å². The van der Waals surface area contributed by atoms with Crippen LogP contribution in [0.3, 0.4) is 0 Å². The van der Waals surface area contributed by atoms with Crippen molar-refractivity contribution in [3.05, 3.63) is 35.4 Å².